The molecule has 3 nitrogen and oxygen atoms in total. The average Bonchev–Trinajstić information content (AvgIpc) is 2.34. The molecule has 0 amide bonds. The maximum atomic E-state index is 5.07. The number of ether oxygens (including phenoxy) is 1. The van der Waals surface area contributed by atoms with E-state index in [1.807, 2.05) is 12.4 Å². The van der Waals surface area contributed by atoms with Gasteiger partial charge in [0.25, 0.3) is 0 Å². The number of nitrogens with one attached hydrogen (secondary N) is 1. The first-order valence-electron chi connectivity index (χ1n) is 6.77. The summed E-state index contributed by atoms with van der Waals surface area (Å²) in [5.41, 5.74) is 1.50. The highest BCUT2D eigenvalue weighted by Crippen LogP contribution is 2.31. The van der Waals surface area contributed by atoms with E-state index in [4.69, 9.17) is 4.74 Å². The molecule has 0 aromatic carbocycles. The Morgan fingerprint density at radius 2 is 2.16 bits per heavy atom. The third kappa shape index (κ3) is 5.59. The molecule has 1 aromatic rings. The summed E-state index contributed by atoms with van der Waals surface area (Å²) in [6.07, 6.45) is 4.81. The van der Waals surface area contributed by atoms with Crippen LogP contribution in [0.1, 0.15) is 26.3 Å². The summed E-state index contributed by atoms with van der Waals surface area (Å²) >= 11 is 3.49. The van der Waals surface area contributed by atoms with Crippen molar-refractivity contribution in [3.05, 3.63) is 28.5 Å². The van der Waals surface area contributed by atoms with Crippen molar-refractivity contribution in [2.75, 3.05) is 26.8 Å². The number of halogens is 1. The van der Waals surface area contributed by atoms with E-state index in [0.717, 1.165) is 30.6 Å². The number of rotatable bonds is 8. The van der Waals surface area contributed by atoms with E-state index in [1.54, 1.807) is 7.11 Å². The molecule has 4 heteroatoms. The normalized spacial score (nSPS) is 14.6. The first-order chi connectivity index (χ1) is 8.98. The molecule has 0 spiro atoms. The Morgan fingerprint density at radius 3 is 2.74 bits per heavy atom. The van der Waals surface area contributed by atoms with Gasteiger partial charge >= 0.3 is 0 Å². The summed E-state index contributed by atoms with van der Waals surface area (Å²) < 4.78 is 6.12. The maximum Gasteiger partial charge on any atom is 0.0587 e. The molecule has 0 fully saturated rings. The highest BCUT2D eigenvalue weighted by Gasteiger charge is 2.28. The van der Waals surface area contributed by atoms with Crippen molar-refractivity contribution in [1.29, 1.82) is 0 Å². The summed E-state index contributed by atoms with van der Waals surface area (Å²) in [5, 5.41) is 3.49. The first kappa shape index (κ1) is 16.6. The second kappa shape index (κ2) is 7.98. The third-order valence-corrected chi connectivity index (χ3v) is 4.21. The summed E-state index contributed by atoms with van der Waals surface area (Å²) in [7, 11) is 1.73. The van der Waals surface area contributed by atoms with Gasteiger partial charge in [-0.25, -0.2) is 0 Å². The molecule has 19 heavy (non-hydrogen) atoms. The van der Waals surface area contributed by atoms with Crippen LogP contribution in [0.2, 0.25) is 0 Å². The predicted molar refractivity (Wildman–Crippen MR) is 83.3 cm³/mol. The SMILES string of the molecule is COCCNCC(C)(Cc1cncc(Br)c1)C(C)C. The minimum absolute atomic E-state index is 0.218. The van der Waals surface area contributed by atoms with E-state index in [1.165, 1.54) is 5.56 Å². The lowest BCUT2D eigenvalue weighted by atomic mass is 9.74. The fourth-order valence-electron chi connectivity index (χ4n) is 2.04. The highest BCUT2D eigenvalue weighted by atomic mass is 79.9. The lowest BCUT2D eigenvalue weighted by molar-refractivity contribution is 0.175. The van der Waals surface area contributed by atoms with Crippen molar-refractivity contribution in [3.63, 3.8) is 0 Å². The van der Waals surface area contributed by atoms with Gasteiger partial charge in [-0.2, -0.15) is 0 Å². The molecule has 0 aliphatic rings. The number of aromatic nitrogens is 1. The van der Waals surface area contributed by atoms with Crippen LogP contribution in [0.15, 0.2) is 22.9 Å². The van der Waals surface area contributed by atoms with E-state index < -0.39 is 0 Å². The van der Waals surface area contributed by atoms with Crippen LogP contribution < -0.4 is 5.32 Å². The topological polar surface area (TPSA) is 34.1 Å². The number of methoxy groups -OCH3 is 1. The van der Waals surface area contributed by atoms with Gasteiger partial charge in [0, 0.05) is 37.1 Å². The highest BCUT2D eigenvalue weighted by molar-refractivity contribution is 9.10. The number of nitrogens with zero attached hydrogens (tertiary/aromatic N) is 1. The van der Waals surface area contributed by atoms with Crippen LogP contribution in [-0.2, 0) is 11.2 Å². The molecule has 1 rings (SSSR count). The molecule has 0 saturated heterocycles. The van der Waals surface area contributed by atoms with E-state index in [-0.39, 0.29) is 5.41 Å². The van der Waals surface area contributed by atoms with Crippen molar-refractivity contribution in [2.24, 2.45) is 11.3 Å². The monoisotopic (exact) mass is 328 g/mol. The Kier molecular flexibility index (Phi) is 6.97. The van der Waals surface area contributed by atoms with Crippen molar-refractivity contribution < 1.29 is 4.74 Å². The molecule has 1 aromatic heterocycles. The molecule has 1 N–H and O–H groups in total. The van der Waals surface area contributed by atoms with Crippen LogP contribution >= 0.6 is 15.9 Å². The molecule has 1 heterocycles. The lowest BCUT2D eigenvalue weighted by Crippen LogP contribution is -2.39. The summed E-state index contributed by atoms with van der Waals surface area (Å²) in [4.78, 5) is 4.25. The van der Waals surface area contributed by atoms with Crippen molar-refractivity contribution >= 4 is 15.9 Å². The molecule has 0 saturated carbocycles. The van der Waals surface area contributed by atoms with Crippen molar-refractivity contribution in [1.82, 2.24) is 10.3 Å². The lowest BCUT2D eigenvalue weighted by Gasteiger charge is -2.34. The van der Waals surface area contributed by atoms with Gasteiger partial charge in [-0.05, 0) is 45.3 Å². The molecule has 108 valence electrons. The summed E-state index contributed by atoms with van der Waals surface area (Å²) in [5.74, 6) is 0.599. The van der Waals surface area contributed by atoms with Crippen LogP contribution in [0.3, 0.4) is 0 Å². The minimum atomic E-state index is 0.218. The van der Waals surface area contributed by atoms with Gasteiger partial charge in [0.2, 0.25) is 0 Å². The smallest absolute Gasteiger partial charge is 0.0587 e. The van der Waals surface area contributed by atoms with Gasteiger partial charge in [0.1, 0.15) is 0 Å². The van der Waals surface area contributed by atoms with Gasteiger partial charge in [-0.15, -0.1) is 0 Å². The number of hydrogen-bond donors (Lipinski definition) is 1. The van der Waals surface area contributed by atoms with Gasteiger partial charge in [0.15, 0.2) is 0 Å². The zero-order valence-corrected chi connectivity index (χ0v) is 14.0. The van der Waals surface area contributed by atoms with Crippen LogP contribution in [0.4, 0.5) is 0 Å². The van der Waals surface area contributed by atoms with Gasteiger partial charge in [-0.3, -0.25) is 4.98 Å². The second-order valence-electron chi connectivity index (χ2n) is 5.67. The molecular formula is C15H25BrN2O. The minimum Gasteiger partial charge on any atom is -0.383 e. The van der Waals surface area contributed by atoms with E-state index in [2.05, 4.69) is 53.1 Å². The summed E-state index contributed by atoms with van der Waals surface area (Å²) in [6.45, 7) is 9.54. The Morgan fingerprint density at radius 1 is 1.42 bits per heavy atom. The standard InChI is InChI=1S/C15H25BrN2O/c1-12(2)15(3,11-17-5-6-19-4)8-13-7-14(16)10-18-9-13/h7,9-10,12,17H,5-6,8,11H2,1-4H3. The quantitative estimate of drug-likeness (QED) is 0.743. The van der Waals surface area contributed by atoms with E-state index in [0.29, 0.717) is 5.92 Å². The Labute approximate surface area is 125 Å². The molecular weight excluding hydrogens is 304 g/mol. The number of pyridine rings is 1. The molecule has 0 aliphatic carbocycles. The maximum absolute atomic E-state index is 5.07. The zero-order valence-electron chi connectivity index (χ0n) is 12.4. The Balaban J connectivity index is 2.65. The Bertz CT molecular complexity index is 384. The molecule has 0 radical (unpaired) electrons. The summed E-state index contributed by atoms with van der Waals surface area (Å²) in [6, 6.07) is 2.16. The van der Waals surface area contributed by atoms with Gasteiger partial charge in [-0.1, -0.05) is 20.8 Å². The van der Waals surface area contributed by atoms with Crippen LogP contribution in [0, 0.1) is 11.3 Å². The fourth-order valence-corrected chi connectivity index (χ4v) is 2.45. The predicted octanol–water partition coefficient (Wildman–Crippen LogP) is 3.28. The largest absolute Gasteiger partial charge is 0.383 e. The van der Waals surface area contributed by atoms with Gasteiger partial charge < -0.3 is 10.1 Å². The molecule has 0 bridgehead atoms. The van der Waals surface area contributed by atoms with Crippen molar-refractivity contribution in [2.45, 2.75) is 27.2 Å². The van der Waals surface area contributed by atoms with Crippen LogP contribution in [0.25, 0.3) is 0 Å². The van der Waals surface area contributed by atoms with Crippen LogP contribution in [0.5, 0.6) is 0 Å². The fraction of sp³-hybridized carbons (Fsp3) is 0.667. The second-order valence-corrected chi connectivity index (χ2v) is 6.58. The molecule has 1 atom stereocenters. The Hall–Kier alpha value is -0.450. The van der Waals surface area contributed by atoms with Crippen LogP contribution in [-0.4, -0.2) is 31.8 Å². The molecule has 1 unspecified atom stereocenters. The number of hydrogen-bond acceptors (Lipinski definition) is 3. The zero-order chi connectivity index (χ0) is 14.3. The van der Waals surface area contributed by atoms with E-state index in [9.17, 15) is 0 Å². The first-order valence-corrected chi connectivity index (χ1v) is 7.56. The third-order valence-electron chi connectivity index (χ3n) is 3.78. The molecule has 0 aliphatic heterocycles. The van der Waals surface area contributed by atoms with Crippen molar-refractivity contribution in [3.8, 4) is 0 Å². The van der Waals surface area contributed by atoms with Gasteiger partial charge in [0.05, 0.1) is 6.61 Å². The average molecular weight is 329 g/mol. The van der Waals surface area contributed by atoms with E-state index >= 15 is 0 Å².